The third kappa shape index (κ3) is 5.52. The Labute approximate surface area is 243 Å². The number of nitrogens with zero attached hydrogens (tertiary/aromatic N) is 3. The second-order valence-electron chi connectivity index (χ2n) is 10.6. The fraction of sp³-hybridized carbons (Fsp3) is 0.265. The van der Waals surface area contributed by atoms with Crippen LogP contribution in [0.3, 0.4) is 0 Å². The lowest BCUT2D eigenvalue weighted by Crippen LogP contribution is -2.17. The molecule has 0 aliphatic carbocycles. The first-order chi connectivity index (χ1) is 20.3. The minimum absolute atomic E-state index is 0.00377. The minimum Gasteiger partial charge on any atom is -0.340 e. The average Bonchev–Trinajstić information content (AvgIpc) is 3.31. The van der Waals surface area contributed by atoms with Crippen molar-refractivity contribution < 1.29 is 19.3 Å². The van der Waals surface area contributed by atoms with E-state index in [-0.39, 0.29) is 16.3 Å². The maximum absolute atomic E-state index is 13.8. The number of oxime groups is 1. The van der Waals surface area contributed by atoms with Gasteiger partial charge in [0.2, 0.25) is 5.78 Å². The smallest absolute Gasteiger partial charge is 0.332 e. The molecule has 5 aromatic rings. The summed E-state index contributed by atoms with van der Waals surface area (Å²) in [5.41, 5.74) is 2.69. The van der Waals surface area contributed by atoms with Gasteiger partial charge in [-0.2, -0.15) is 0 Å². The highest BCUT2D eigenvalue weighted by Gasteiger charge is 2.24. The SMILES string of the molecule is CCCCC(CC)Cn1c2ccc(C(=O)/C(=N/OC(C)=O)c3ccccc3)cc2c2cc([N+](=O)[O-])c3ccccc3c21. The number of ketones is 1. The normalized spacial score (nSPS) is 12.6. The molecule has 0 aliphatic heterocycles. The second-order valence-corrected chi connectivity index (χ2v) is 10.6. The van der Waals surface area contributed by atoms with Crippen molar-refractivity contribution >= 4 is 55.7 Å². The van der Waals surface area contributed by atoms with Gasteiger partial charge in [0.25, 0.3) is 5.69 Å². The number of rotatable bonds is 11. The summed E-state index contributed by atoms with van der Waals surface area (Å²) in [4.78, 5) is 42.1. The molecule has 1 unspecified atom stereocenters. The number of hydrogen-bond acceptors (Lipinski definition) is 6. The molecule has 4 aromatic carbocycles. The zero-order valence-electron chi connectivity index (χ0n) is 24.0. The van der Waals surface area contributed by atoms with Gasteiger partial charge in [0.15, 0.2) is 5.71 Å². The second kappa shape index (κ2) is 12.3. The highest BCUT2D eigenvalue weighted by Crippen LogP contribution is 2.40. The van der Waals surface area contributed by atoms with E-state index in [0.717, 1.165) is 54.0 Å². The Bertz CT molecular complexity index is 1840. The van der Waals surface area contributed by atoms with E-state index in [1.54, 1.807) is 48.5 Å². The molecule has 0 aliphatic rings. The third-order valence-electron chi connectivity index (χ3n) is 7.81. The lowest BCUT2D eigenvalue weighted by Gasteiger charge is -2.18. The molecule has 8 nitrogen and oxygen atoms in total. The Balaban J connectivity index is 1.76. The molecule has 8 heteroatoms. The van der Waals surface area contributed by atoms with Crippen molar-refractivity contribution in [1.82, 2.24) is 4.57 Å². The van der Waals surface area contributed by atoms with Crippen molar-refractivity contribution in [2.24, 2.45) is 11.1 Å². The first-order valence-corrected chi connectivity index (χ1v) is 14.3. The van der Waals surface area contributed by atoms with E-state index in [1.165, 1.54) is 6.92 Å². The molecule has 0 amide bonds. The van der Waals surface area contributed by atoms with Crippen LogP contribution < -0.4 is 0 Å². The van der Waals surface area contributed by atoms with E-state index < -0.39 is 11.8 Å². The summed E-state index contributed by atoms with van der Waals surface area (Å²) in [5.74, 6) is -0.628. The van der Waals surface area contributed by atoms with Crippen molar-refractivity contribution in [3.8, 4) is 0 Å². The standard InChI is InChI=1S/C34H33N3O5/c1-4-6-12-23(5-2)21-36-30-18-17-25(34(39)32(35-42-22(3)38)24-13-8-7-9-14-24)19-28(30)29-20-31(37(40)41)26-15-10-11-16-27(26)33(29)36/h7-11,13-20,23H,4-6,12,21H2,1-3H3/b35-32+. The van der Waals surface area contributed by atoms with Crippen LogP contribution in [-0.4, -0.2) is 27.0 Å². The molecular weight excluding hydrogens is 530 g/mol. The number of aromatic nitrogens is 1. The number of Topliss-reactive ketones (excluding diaryl/α,β-unsaturated/α-hetero) is 1. The minimum atomic E-state index is -0.637. The van der Waals surface area contributed by atoms with Gasteiger partial charge >= 0.3 is 5.97 Å². The first kappa shape index (κ1) is 28.7. The largest absolute Gasteiger partial charge is 0.340 e. The molecule has 0 spiro atoms. The molecule has 1 atom stereocenters. The number of nitro groups is 1. The van der Waals surface area contributed by atoms with Crippen molar-refractivity contribution in [3.05, 3.63) is 100 Å². The maximum Gasteiger partial charge on any atom is 0.332 e. The van der Waals surface area contributed by atoms with Crippen molar-refractivity contribution in [2.45, 2.75) is 53.0 Å². The summed E-state index contributed by atoms with van der Waals surface area (Å²) < 4.78 is 2.26. The summed E-state index contributed by atoms with van der Waals surface area (Å²) in [6.45, 7) is 6.36. The van der Waals surface area contributed by atoms with Gasteiger partial charge in [0.1, 0.15) is 0 Å². The molecule has 0 fully saturated rings. The highest BCUT2D eigenvalue weighted by molar-refractivity contribution is 6.51. The van der Waals surface area contributed by atoms with Crippen LogP contribution in [-0.2, 0) is 16.2 Å². The molecule has 5 rings (SSSR count). The monoisotopic (exact) mass is 563 g/mol. The topological polar surface area (TPSA) is 104 Å². The number of nitro benzene ring substituents is 1. The summed E-state index contributed by atoms with van der Waals surface area (Å²) in [7, 11) is 0. The molecule has 0 saturated carbocycles. The molecule has 1 aromatic heterocycles. The van der Waals surface area contributed by atoms with Crippen LogP contribution >= 0.6 is 0 Å². The average molecular weight is 564 g/mol. The number of carbonyl (C=O) groups excluding carboxylic acids is 2. The molecule has 0 saturated heterocycles. The van der Waals surface area contributed by atoms with Crippen LogP contribution in [0.25, 0.3) is 32.6 Å². The fourth-order valence-electron chi connectivity index (χ4n) is 5.67. The van der Waals surface area contributed by atoms with Crippen LogP contribution in [0.2, 0.25) is 0 Å². The van der Waals surface area contributed by atoms with Gasteiger partial charge < -0.3 is 9.40 Å². The first-order valence-electron chi connectivity index (χ1n) is 14.3. The highest BCUT2D eigenvalue weighted by atomic mass is 16.7. The van der Waals surface area contributed by atoms with E-state index in [4.69, 9.17) is 4.84 Å². The molecule has 0 N–H and O–H groups in total. The number of unbranched alkanes of at least 4 members (excludes halogenated alkanes) is 1. The molecular formula is C34H33N3O5. The lowest BCUT2D eigenvalue weighted by molar-refractivity contribution is -0.382. The Kier molecular flexibility index (Phi) is 8.43. The zero-order valence-corrected chi connectivity index (χ0v) is 24.0. The molecule has 0 bridgehead atoms. The van der Waals surface area contributed by atoms with Gasteiger partial charge in [0.05, 0.1) is 15.8 Å². The third-order valence-corrected chi connectivity index (χ3v) is 7.81. The van der Waals surface area contributed by atoms with Gasteiger partial charge in [-0.15, -0.1) is 0 Å². The van der Waals surface area contributed by atoms with E-state index >= 15 is 0 Å². The fourth-order valence-corrected chi connectivity index (χ4v) is 5.67. The Morgan fingerprint density at radius 1 is 0.905 bits per heavy atom. The lowest BCUT2D eigenvalue weighted by atomic mass is 9.98. The van der Waals surface area contributed by atoms with E-state index in [1.807, 2.05) is 30.3 Å². The summed E-state index contributed by atoms with van der Waals surface area (Å²) in [6, 6.07) is 23.3. The summed E-state index contributed by atoms with van der Waals surface area (Å²) in [6.07, 6.45) is 4.34. The predicted molar refractivity (Wildman–Crippen MR) is 166 cm³/mol. The van der Waals surface area contributed by atoms with Crippen molar-refractivity contribution in [1.29, 1.82) is 0 Å². The zero-order chi connectivity index (χ0) is 29.8. The number of hydrogen-bond donors (Lipinski definition) is 0. The number of carbonyl (C=O) groups is 2. The summed E-state index contributed by atoms with van der Waals surface area (Å²) >= 11 is 0. The predicted octanol–water partition coefficient (Wildman–Crippen LogP) is 8.22. The van der Waals surface area contributed by atoms with E-state index in [2.05, 4.69) is 23.6 Å². The van der Waals surface area contributed by atoms with Gasteiger partial charge in [-0.25, -0.2) is 4.79 Å². The molecule has 214 valence electrons. The van der Waals surface area contributed by atoms with Gasteiger partial charge in [-0.1, -0.05) is 86.8 Å². The van der Waals surface area contributed by atoms with Gasteiger partial charge in [-0.05, 0) is 36.6 Å². The van der Waals surface area contributed by atoms with E-state index in [0.29, 0.717) is 27.8 Å². The van der Waals surface area contributed by atoms with Crippen LogP contribution in [0.1, 0.15) is 62.4 Å². The summed E-state index contributed by atoms with van der Waals surface area (Å²) in [5, 5.41) is 18.9. The number of non-ortho nitro benzene ring substituents is 1. The van der Waals surface area contributed by atoms with Crippen LogP contribution in [0, 0.1) is 16.0 Å². The number of fused-ring (bicyclic) bond motifs is 5. The Morgan fingerprint density at radius 3 is 2.29 bits per heavy atom. The van der Waals surface area contributed by atoms with Gasteiger partial charge in [-0.3, -0.25) is 14.9 Å². The van der Waals surface area contributed by atoms with Crippen molar-refractivity contribution in [3.63, 3.8) is 0 Å². The van der Waals surface area contributed by atoms with Crippen LogP contribution in [0.15, 0.2) is 84.0 Å². The Morgan fingerprint density at radius 2 is 1.62 bits per heavy atom. The van der Waals surface area contributed by atoms with Crippen LogP contribution in [0.5, 0.6) is 0 Å². The van der Waals surface area contributed by atoms with Gasteiger partial charge in [0, 0.05) is 52.3 Å². The molecule has 42 heavy (non-hydrogen) atoms. The van der Waals surface area contributed by atoms with E-state index in [9.17, 15) is 19.7 Å². The maximum atomic E-state index is 13.8. The number of benzene rings is 4. The quantitative estimate of drug-likeness (QED) is 0.0529. The molecule has 0 radical (unpaired) electrons. The van der Waals surface area contributed by atoms with Crippen LogP contribution in [0.4, 0.5) is 5.69 Å². The Hall–Kier alpha value is -4.85. The van der Waals surface area contributed by atoms with Crippen molar-refractivity contribution in [2.75, 3.05) is 0 Å². The molecule has 1 heterocycles.